The number of nitrogens with zero attached hydrogens (tertiary/aromatic N) is 2. The molecule has 4 nitrogen and oxygen atoms in total. The normalized spacial score (nSPS) is 12.6. The van der Waals surface area contributed by atoms with Gasteiger partial charge in [-0.1, -0.05) is 0 Å². The first-order chi connectivity index (χ1) is 7.08. The summed E-state index contributed by atoms with van der Waals surface area (Å²) < 4.78 is 5.44. The van der Waals surface area contributed by atoms with Crippen LogP contribution in [0.25, 0.3) is 0 Å². The second kappa shape index (κ2) is 5.75. The molecule has 0 aliphatic carbocycles. The van der Waals surface area contributed by atoms with Gasteiger partial charge in [0.2, 0.25) is 11.8 Å². The predicted octanol–water partition coefficient (Wildman–Crippen LogP) is 2.30. The average molecular weight is 230 g/mol. The van der Waals surface area contributed by atoms with Crippen molar-refractivity contribution in [2.45, 2.75) is 32.3 Å². The first-order valence-corrected chi connectivity index (χ1v) is 5.39. The highest BCUT2D eigenvalue weighted by atomic mass is 35.5. The van der Waals surface area contributed by atoms with E-state index in [0.717, 1.165) is 0 Å². The van der Waals surface area contributed by atoms with Crippen molar-refractivity contribution in [3.8, 4) is 5.88 Å². The molecule has 0 radical (unpaired) electrons. The minimum Gasteiger partial charge on any atom is -0.475 e. The highest BCUT2D eigenvalue weighted by Gasteiger charge is 2.02. The molecule has 84 valence electrons. The number of aromatic nitrogens is 2. The number of hydrogen-bond donors (Lipinski definition) is 1. The van der Waals surface area contributed by atoms with Crippen LogP contribution in [0.1, 0.15) is 20.8 Å². The van der Waals surface area contributed by atoms with Crippen molar-refractivity contribution >= 4 is 17.5 Å². The average Bonchev–Trinajstić information content (AvgIpc) is 2.14. The van der Waals surface area contributed by atoms with Crippen LogP contribution in [-0.2, 0) is 0 Å². The standard InChI is InChI=1S/C10H16ClN3O/c1-7(2)15-9-4-5-12-10(14-9)13-6-8(3)11/h4-5,7-8H,6H2,1-3H3,(H,12,13,14). The molecule has 1 rings (SSSR count). The van der Waals surface area contributed by atoms with Crippen molar-refractivity contribution in [1.82, 2.24) is 9.97 Å². The fourth-order valence-corrected chi connectivity index (χ4v) is 1.04. The maximum atomic E-state index is 5.80. The van der Waals surface area contributed by atoms with E-state index in [1.54, 1.807) is 12.3 Å². The highest BCUT2D eigenvalue weighted by molar-refractivity contribution is 6.20. The molecule has 1 unspecified atom stereocenters. The Kier molecular flexibility index (Phi) is 4.62. The molecule has 1 aromatic rings. The second-order valence-electron chi connectivity index (χ2n) is 3.55. The van der Waals surface area contributed by atoms with E-state index in [2.05, 4.69) is 15.3 Å². The van der Waals surface area contributed by atoms with Gasteiger partial charge in [-0.3, -0.25) is 0 Å². The Hall–Kier alpha value is -1.03. The third-order valence-electron chi connectivity index (χ3n) is 1.53. The summed E-state index contributed by atoms with van der Waals surface area (Å²) in [5.41, 5.74) is 0. The van der Waals surface area contributed by atoms with Crippen LogP contribution >= 0.6 is 11.6 Å². The van der Waals surface area contributed by atoms with Crippen LogP contribution in [0.15, 0.2) is 12.3 Å². The number of alkyl halides is 1. The number of anilines is 1. The predicted molar refractivity (Wildman–Crippen MR) is 61.6 cm³/mol. The molecule has 1 N–H and O–H groups in total. The molecule has 0 aromatic carbocycles. The molecule has 15 heavy (non-hydrogen) atoms. The van der Waals surface area contributed by atoms with Gasteiger partial charge in [-0.05, 0) is 20.8 Å². The van der Waals surface area contributed by atoms with Crippen molar-refractivity contribution in [1.29, 1.82) is 0 Å². The van der Waals surface area contributed by atoms with Gasteiger partial charge in [0.15, 0.2) is 0 Å². The fourth-order valence-electron chi connectivity index (χ4n) is 0.966. The first-order valence-electron chi connectivity index (χ1n) is 4.95. The van der Waals surface area contributed by atoms with Gasteiger partial charge in [-0.2, -0.15) is 4.98 Å². The van der Waals surface area contributed by atoms with Crippen molar-refractivity contribution in [2.75, 3.05) is 11.9 Å². The SMILES string of the molecule is CC(Cl)CNc1nccc(OC(C)C)n1. The van der Waals surface area contributed by atoms with Crippen LogP contribution in [-0.4, -0.2) is 28.0 Å². The molecule has 1 aromatic heterocycles. The maximum absolute atomic E-state index is 5.80. The largest absolute Gasteiger partial charge is 0.475 e. The van der Waals surface area contributed by atoms with E-state index in [4.69, 9.17) is 16.3 Å². The topological polar surface area (TPSA) is 47.0 Å². The molecule has 5 heteroatoms. The van der Waals surface area contributed by atoms with Crippen LogP contribution in [0.4, 0.5) is 5.95 Å². The minimum atomic E-state index is 0.0447. The third-order valence-corrected chi connectivity index (χ3v) is 1.68. The number of nitrogens with one attached hydrogen (secondary N) is 1. The van der Waals surface area contributed by atoms with Crippen LogP contribution in [0.3, 0.4) is 0 Å². The Balaban J connectivity index is 2.57. The van der Waals surface area contributed by atoms with Gasteiger partial charge >= 0.3 is 0 Å². The molecule has 1 heterocycles. The number of ether oxygens (including phenoxy) is 1. The molecule has 0 aliphatic heterocycles. The number of halogens is 1. The Morgan fingerprint density at radius 1 is 1.47 bits per heavy atom. The minimum absolute atomic E-state index is 0.0447. The molecule has 0 saturated carbocycles. The zero-order valence-electron chi connectivity index (χ0n) is 9.20. The van der Waals surface area contributed by atoms with Gasteiger partial charge < -0.3 is 10.1 Å². The molecular weight excluding hydrogens is 214 g/mol. The Labute approximate surface area is 95.0 Å². The molecule has 0 saturated heterocycles. The zero-order chi connectivity index (χ0) is 11.3. The van der Waals surface area contributed by atoms with Gasteiger partial charge in [0.05, 0.1) is 6.10 Å². The van der Waals surface area contributed by atoms with Crippen molar-refractivity contribution < 1.29 is 4.74 Å². The van der Waals surface area contributed by atoms with Crippen molar-refractivity contribution in [2.24, 2.45) is 0 Å². The summed E-state index contributed by atoms with van der Waals surface area (Å²) in [7, 11) is 0. The van der Waals surface area contributed by atoms with E-state index in [1.165, 1.54) is 0 Å². The van der Waals surface area contributed by atoms with Crippen LogP contribution < -0.4 is 10.1 Å². The fraction of sp³-hybridized carbons (Fsp3) is 0.600. The number of hydrogen-bond acceptors (Lipinski definition) is 4. The van der Waals surface area contributed by atoms with Crippen LogP contribution in [0, 0.1) is 0 Å². The van der Waals surface area contributed by atoms with E-state index < -0.39 is 0 Å². The molecule has 0 spiro atoms. The molecule has 0 aliphatic rings. The summed E-state index contributed by atoms with van der Waals surface area (Å²) in [6.07, 6.45) is 1.77. The van der Waals surface area contributed by atoms with Gasteiger partial charge in [-0.25, -0.2) is 4.98 Å². The lowest BCUT2D eigenvalue weighted by Gasteiger charge is -2.10. The summed E-state index contributed by atoms with van der Waals surface area (Å²) in [5.74, 6) is 1.12. The Morgan fingerprint density at radius 2 is 2.20 bits per heavy atom. The smallest absolute Gasteiger partial charge is 0.225 e. The van der Waals surface area contributed by atoms with E-state index in [-0.39, 0.29) is 11.5 Å². The highest BCUT2D eigenvalue weighted by Crippen LogP contribution is 2.10. The van der Waals surface area contributed by atoms with E-state index in [1.807, 2.05) is 20.8 Å². The van der Waals surface area contributed by atoms with Crippen LogP contribution in [0.2, 0.25) is 0 Å². The zero-order valence-corrected chi connectivity index (χ0v) is 9.95. The van der Waals surface area contributed by atoms with E-state index in [0.29, 0.717) is 18.4 Å². The summed E-state index contributed by atoms with van der Waals surface area (Å²) in [4.78, 5) is 8.24. The summed E-state index contributed by atoms with van der Waals surface area (Å²) in [6, 6.07) is 1.73. The van der Waals surface area contributed by atoms with Crippen molar-refractivity contribution in [3.05, 3.63) is 12.3 Å². The monoisotopic (exact) mass is 229 g/mol. The maximum Gasteiger partial charge on any atom is 0.225 e. The van der Waals surface area contributed by atoms with E-state index >= 15 is 0 Å². The summed E-state index contributed by atoms with van der Waals surface area (Å²) in [6.45, 7) is 6.45. The third kappa shape index (κ3) is 4.83. The lowest BCUT2D eigenvalue weighted by atomic mass is 10.5. The molecule has 0 amide bonds. The molecule has 0 fully saturated rings. The Bertz CT molecular complexity index is 304. The van der Waals surface area contributed by atoms with Crippen LogP contribution in [0.5, 0.6) is 5.88 Å². The van der Waals surface area contributed by atoms with Gasteiger partial charge in [-0.15, -0.1) is 11.6 Å². The van der Waals surface area contributed by atoms with Gasteiger partial charge in [0, 0.05) is 24.2 Å². The second-order valence-corrected chi connectivity index (χ2v) is 4.29. The summed E-state index contributed by atoms with van der Waals surface area (Å²) >= 11 is 5.80. The van der Waals surface area contributed by atoms with Gasteiger partial charge in [0.1, 0.15) is 0 Å². The molecular formula is C10H16ClN3O. The lowest BCUT2D eigenvalue weighted by molar-refractivity contribution is 0.232. The Morgan fingerprint density at radius 3 is 2.80 bits per heavy atom. The molecule has 1 atom stereocenters. The molecule has 0 bridgehead atoms. The van der Waals surface area contributed by atoms with E-state index in [9.17, 15) is 0 Å². The van der Waals surface area contributed by atoms with Gasteiger partial charge in [0.25, 0.3) is 0 Å². The lowest BCUT2D eigenvalue weighted by Crippen LogP contribution is -2.13. The summed E-state index contributed by atoms with van der Waals surface area (Å²) in [5, 5.41) is 3.07. The van der Waals surface area contributed by atoms with Crippen molar-refractivity contribution in [3.63, 3.8) is 0 Å². The first kappa shape index (κ1) is 12.0. The number of rotatable bonds is 5. The quantitative estimate of drug-likeness (QED) is 0.788.